The van der Waals surface area contributed by atoms with Gasteiger partial charge in [0.05, 0.1) is 40.5 Å². The SMILES string of the molecule is O=C(CN(CCO)CC(F)F)Nc1cc(Cl)c(Cl)cc1Cl. The maximum absolute atomic E-state index is 12.3. The summed E-state index contributed by atoms with van der Waals surface area (Å²) >= 11 is 17.5. The van der Waals surface area contributed by atoms with E-state index in [1.807, 2.05) is 0 Å². The Kier molecular flexibility index (Phi) is 7.62. The number of benzene rings is 1. The average molecular weight is 362 g/mol. The molecule has 4 nitrogen and oxygen atoms in total. The topological polar surface area (TPSA) is 52.6 Å². The third-order valence-electron chi connectivity index (χ3n) is 2.46. The summed E-state index contributed by atoms with van der Waals surface area (Å²) in [6.45, 7) is -1.27. The van der Waals surface area contributed by atoms with Crippen LogP contribution in [0.2, 0.25) is 15.1 Å². The first-order valence-electron chi connectivity index (χ1n) is 5.89. The number of halogens is 5. The zero-order valence-corrected chi connectivity index (χ0v) is 13.0. The first kappa shape index (κ1) is 18.4. The highest BCUT2D eigenvalue weighted by molar-refractivity contribution is 6.44. The van der Waals surface area contributed by atoms with Gasteiger partial charge in [-0.05, 0) is 12.1 Å². The van der Waals surface area contributed by atoms with E-state index >= 15 is 0 Å². The Labute approximate surface area is 135 Å². The van der Waals surface area contributed by atoms with Crippen molar-refractivity contribution >= 4 is 46.4 Å². The second kappa shape index (κ2) is 8.70. The minimum Gasteiger partial charge on any atom is -0.395 e. The number of carbonyl (C=O) groups excluding carboxylic acids is 1. The molecule has 0 saturated heterocycles. The van der Waals surface area contributed by atoms with Crippen molar-refractivity contribution in [2.45, 2.75) is 6.43 Å². The molecule has 0 aromatic heterocycles. The van der Waals surface area contributed by atoms with Crippen molar-refractivity contribution in [3.63, 3.8) is 0 Å². The van der Waals surface area contributed by atoms with E-state index in [-0.39, 0.29) is 40.5 Å². The molecule has 2 N–H and O–H groups in total. The number of rotatable bonds is 7. The fourth-order valence-electron chi connectivity index (χ4n) is 1.58. The Morgan fingerprint density at radius 2 is 1.86 bits per heavy atom. The molecule has 0 radical (unpaired) electrons. The van der Waals surface area contributed by atoms with Crippen LogP contribution in [0.1, 0.15) is 0 Å². The number of aliphatic hydroxyl groups excluding tert-OH is 1. The fraction of sp³-hybridized carbons (Fsp3) is 0.417. The van der Waals surface area contributed by atoms with Crippen molar-refractivity contribution in [3.05, 3.63) is 27.2 Å². The number of anilines is 1. The largest absolute Gasteiger partial charge is 0.395 e. The van der Waals surface area contributed by atoms with E-state index in [0.717, 1.165) is 4.90 Å². The van der Waals surface area contributed by atoms with Gasteiger partial charge in [0.25, 0.3) is 6.43 Å². The predicted octanol–water partition coefficient (Wildman–Crippen LogP) is 3.14. The van der Waals surface area contributed by atoms with Crippen LogP contribution in [0.15, 0.2) is 12.1 Å². The average Bonchev–Trinajstić information content (AvgIpc) is 2.35. The standard InChI is InChI=1S/C12H13Cl3F2N2O2/c13-7-3-9(15)10(4-8(7)14)18-12(21)6-19(1-2-20)5-11(16)17/h3-4,11,20H,1-2,5-6H2,(H,18,21). The smallest absolute Gasteiger partial charge is 0.251 e. The molecular formula is C12H13Cl3F2N2O2. The summed E-state index contributed by atoms with van der Waals surface area (Å²) in [5.74, 6) is -0.551. The highest BCUT2D eigenvalue weighted by Gasteiger charge is 2.16. The summed E-state index contributed by atoms with van der Waals surface area (Å²) in [5.41, 5.74) is 0.233. The van der Waals surface area contributed by atoms with Gasteiger partial charge in [0.15, 0.2) is 0 Å². The number of aliphatic hydroxyl groups is 1. The van der Waals surface area contributed by atoms with Crippen molar-refractivity contribution in [3.8, 4) is 0 Å². The number of alkyl halides is 2. The minimum atomic E-state index is -2.60. The summed E-state index contributed by atoms with van der Waals surface area (Å²) < 4.78 is 24.7. The summed E-state index contributed by atoms with van der Waals surface area (Å²) in [5, 5.41) is 11.9. The zero-order valence-electron chi connectivity index (χ0n) is 10.8. The molecule has 0 unspecified atom stereocenters. The first-order chi connectivity index (χ1) is 9.83. The van der Waals surface area contributed by atoms with Gasteiger partial charge in [-0.25, -0.2) is 8.78 Å². The summed E-state index contributed by atoms with van der Waals surface area (Å²) in [6, 6.07) is 2.74. The highest BCUT2D eigenvalue weighted by atomic mass is 35.5. The lowest BCUT2D eigenvalue weighted by Crippen LogP contribution is -2.38. The van der Waals surface area contributed by atoms with Crippen LogP contribution in [0, 0.1) is 0 Å². The van der Waals surface area contributed by atoms with E-state index in [9.17, 15) is 13.6 Å². The molecule has 21 heavy (non-hydrogen) atoms. The molecular weight excluding hydrogens is 348 g/mol. The van der Waals surface area contributed by atoms with Gasteiger partial charge in [-0.1, -0.05) is 34.8 Å². The van der Waals surface area contributed by atoms with Crippen molar-refractivity contribution in [2.24, 2.45) is 0 Å². The number of nitrogens with one attached hydrogen (secondary N) is 1. The van der Waals surface area contributed by atoms with Crippen LogP contribution in [0.3, 0.4) is 0 Å². The van der Waals surface area contributed by atoms with Crippen LogP contribution < -0.4 is 5.32 Å². The van der Waals surface area contributed by atoms with Gasteiger partial charge >= 0.3 is 0 Å². The van der Waals surface area contributed by atoms with Gasteiger partial charge in [0.1, 0.15) is 0 Å². The van der Waals surface area contributed by atoms with Crippen LogP contribution in [-0.4, -0.2) is 48.6 Å². The first-order valence-corrected chi connectivity index (χ1v) is 7.02. The van der Waals surface area contributed by atoms with Gasteiger partial charge in [0, 0.05) is 6.54 Å². The molecule has 0 bridgehead atoms. The van der Waals surface area contributed by atoms with Gasteiger partial charge in [-0.15, -0.1) is 0 Å². The van der Waals surface area contributed by atoms with Crippen molar-refractivity contribution in [1.82, 2.24) is 4.90 Å². The van der Waals surface area contributed by atoms with Crippen molar-refractivity contribution in [1.29, 1.82) is 0 Å². The lowest BCUT2D eigenvalue weighted by molar-refractivity contribution is -0.117. The number of hydrogen-bond acceptors (Lipinski definition) is 3. The van der Waals surface area contributed by atoms with E-state index in [1.165, 1.54) is 12.1 Å². The molecule has 118 valence electrons. The van der Waals surface area contributed by atoms with Crippen LogP contribution in [0.25, 0.3) is 0 Å². The number of hydrogen-bond donors (Lipinski definition) is 2. The molecule has 0 aliphatic heterocycles. The molecule has 0 atom stereocenters. The number of nitrogens with zero attached hydrogens (tertiary/aromatic N) is 1. The van der Waals surface area contributed by atoms with Gasteiger partial charge < -0.3 is 10.4 Å². The van der Waals surface area contributed by atoms with Crippen molar-refractivity contribution < 1.29 is 18.7 Å². The van der Waals surface area contributed by atoms with Crippen LogP contribution in [0.5, 0.6) is 0 Å². The minimum absolute atomic E-state index is 0.0349. The van der Waals surface area contributed by atoms with E-state index in [4.69, 9.17) is 39.9 Å². The lowest BCUT2D eigenvalue weighted by Gasteiger charge is -2.20. The zero-order chi connectivity index (χ0) is 16.0. The molecule has 0 heterocycles. The molecule has 0 spiro atoms. The molecule has 0 saturated carbocycles. The van der Waals surface area contributed by atoms with Crippen LogP contribution in [0.4, 0.5) is 14.5 Å². The number of carbonyl (C=O) groups is 1. The Morgan fingerprint density at radius 3 is 2.43 bits per heavy atom. The fourth-order valence-corrected chi connectivity index (χ4v) is 2.18. The molecule has 9 heteroatoms. The molecule has 0 aliphatic rings. The Balaban J connectivity index is 2.69. The Bertz CT molecular complexity index is 504. The highest BCUT2D eigenvalue weighted by Crippen LogP contribution is 2.32. The van der Waals surface area contributed by atoms with E-state index < -0.39 is 18.9 Å². The van der Waals surface area contributed by atoms with Crippen LogP contribution >= 0.6 is 34.8 Å². The summed E-state index contributed by atoms with van der Waals surface area (Å²) in [6.07, 6.45) is -2.60. The molecule has 1 aromatic rings. The quantitative estimate of drug-likeness (QED) is 0.734. The predicted molar refractivity (Wildman–Crippen MR) is 79.6 cm³/mol. The maximum Gasteiger partial charge on any atom is 0.251 e. The third kappa shape index (κ3) is 6.32. The Morgan fingerprint density at radius 1 is 1.24 bits per heavy atom. The van der Waals surface area contributed by atoms with E-state index in [1.54, 1.807) is 0 Å². The monoisotopic (exact) mass is 360 g/mol. The summed E-state index contributed by atoms with van der Waals surface area (Å²) in [7, 11) is 0. The third-order valence-corrected chi connectivity index (χ3v) is 3.50. The molecule has 1 aromatic carbocycles. The second-order valence-corrected chi connectivity index (χ2v) is 5.37. The summed E-state index contributed by atoms with van der Waals surface area (Å²) in [4.78, 5) is 12.9. The van der Waals surface area contributed by atoms with Gasteiger partial charge in [-0.2, -0.15) is 0 Å². The molecule has 1 rings (SSSR count). The lowest BCUT2D eigenvalue weighted by atomic mass is 10.3. The Hall–Kier alpha value is -0.660. The van der Waals surface area contributed by atoms with Crippen molar-refractivity contribution in [2.75, 3.05) is 31.6 Å². The van der Waals surface area contributed by atoms with Gasteiger partial charge in [0.2, 0.25) is 5.91 Å². The molecule has 0 fully saturated rings. The molecule has 1 amide bonds. The normalized spacial score (nSPS) is 11.2. The van der Waals surface area contributed by atoms with E-state index in [0.29, 0.717) is 0 Å². The van der Waals surface area contributed by atoms with Crippen LogP contribution in [-0.2, 0) is 4.79 Å². The van der Waals surface area contributed by atoms with Gasteiger partial charge in [-0.3, -0.25) is 9.69 Å². The van der Waals surface area contributed by atoms with E-state index in [2.05, 4.69) is 5.32 Å². The number of amides is 1. The molecule has 0 aliphatic carbocycles. The maximum atomic E-state index is 12.3. The second-order valence-electron chi connectivity index (χ2n) is 4.14.